The molecule has 1 saturated heterocycles. The van der Waals surface area contributed by atoms with Gasteiger partial charge < -0.3 is 26.6 Å². The standard InChI is InChI=1S/C39H49N9O3.ClH/c1-25(2)48-19-17-34(18-20-48)41-38(50)32-8-4-7-31(23-32)30-6-3-5-27(21-30)22-35(43-37(49)29-11-9-26(24-40)10-12-29)39(51)42-33-15-13-28(14-16-33)36-44-46-47-45-36;/h3-8,13-16,21,23,25-26,29,34-35H,9-12,17-20,22,24,40H2,1-2H3,(H,41,50)(H,42,51)(H,43,49)(H,44,45,46,47);1H/t26?,29?,35-;/m0./s1. The summed E-state index contributed by atoms with van der Waals surface area (Å²) in [5, 5.41) is 23.2. The molecule has 12 nitrogen and oxygen atoms in total. The van der Waals surface area contributed by atoms with Gasteiger partial charge in [-0.2, -0.15) is 0 Å². The Bertz CT molecular complexity index is 1770. The summed E-state index contributed by atoms with van der Waals surface area (Å²) in [5.41, 5.74) is 10.6. The van der Waals surface area contributed by atoms with Gasteiger partial charge in [0.1, 0.15) is 6.04 Å². The minimum Gasteiger partial charge on any atom is -0.349 e. The first-order valence-corrected chi connectivity index (χ1v) is 18.2. The number of halogens is 1. The Hall–Kier alpha value is -4.65. The van der Waals surface area contributed by atoms with Gasteiger partial charge in [0.2, 0.25) is 11.8 Å². The molecule has 4 aromatic rings. The largest absolute Gasteiger partial charge is 0.349 e. The number of hydrogen-bond donors (Lipinski definition) is 5. The Morgan fingerprint density at radius 2 is 1.58 bits per heavy atom. The lowest BCUT2D eigenvalue weighted by Crippen LogP contribution is -2.48. The van der Waals surface area contributed by atoms with E-state index >= 15 is 0 Å². The van der Waals surface area contributed by atoms with Gasteiger partial charge >= 0.3 is 0 Å². The number of tetrazole rings is 1. The van der Waals surface area contributed by atoms with Crippen LogP contribution in [0.4, 0.5) is 5.69 Å². The summed E-state index contributed by atoms with van der Waals surface area (Å²) in [6.07, 6.45) is 5.52. The van der Waals surface area contributed by atoms with Gasteiger partial charge in [0, 0.05) is 54.3 Å². The monoisotopic (exact) mass is 727 g/mol. The number of H-pyrrole nitrogens is 1. The molecule has 1 aromatic heterocycles. The third-order valence-electron chi connectivity index (χ3n) is 10.4. The quantitative estimate of drug-likeness (QED) is 0.136. The van der Waals surface area contributed by atoms with Gasteiger partial charge in [0.05, 0.1) is 0 Å². The van der Waals surface area contributed by atoms with Crippen LogP contribution in [0.2, 0.25) is 0 Å². The summed E-state index contributed by atoms with van der Waals surface area (Å²) in [6.45, 7) is 7.02. The Kier molecular flexibility index (Phi) is 13.5. The average Bonchev–Trinajstić information content (AvgIpc) is 3.71. The first-order chi connectivity index (χ1) is 24.7. The maximum atomic E-state index is 13.8. The Morgan fingerprint density at radius 3 is 2.23 bits per heavy atom. The van der Waals surface area contributed by atoms with Crippen LogP contribution >= 0.6 is 12.4 Å². The smallest absolute Gasteiger partial charge is 0.251 e. The molecule has 0 unspecified atom stereocenters. The lowest BCUT2D eigenvalue weighted by atomic mass is 9.81. The number of likely N-dealkylation sites (tertiary alicyclic amines) is 1. The van der Waals surface area contributed by atoms with Gasteiger partial charge in [-0.1, -0.05) is 36.4 Å². The van der Waals surface area contributed by atoms with E-state index in [0.717, 1.165) is 73.9 Å². The van der Waals surface area contributed by atoms with Gasteiger partial charge in [-0.15, -0.1) is 17.5 Å². The van der Waals surface area contributed by atoms with Gasteiger partial charge in [0.15, 0.2) is 5.82 Å². The molecule has 1 aliphatic carbocycles. The summed E-state index contributed by atoms with van der Waals surface area (Å²) in [7, 11) is 0. The number of carbonyl (C=O) groups excluding carboxylic acids is 3. The first-order valence-electron chi connectivity index (χ1n) is 18.2. The number of nitrogens with one attached hydrogen (secondary N) is 4. The molecule has 2 heterocycles. The number of nitrogens with zero attached hydrogens (tertiary/aromatic N) is 4. The molecule has 13 heteroatoms. The highest BCUT2D eigenvalue weighted by Gasteiger charge is 2.30. The number of benzene rings is 3. The zero-order chi connectivity index (χ0) is 35.7. The molecule has 0 radical (unpaired) electrons. The van der Waals surface area contributed by atoms with Crippen molar-refractivity contribution in [1.29, 1.82) is 0 Å². The Balaban J connectivity index is 0.00000523. The van der Waals surface area contributed by atoms with Crippen LogP contribution in [0, 0.1) is 11.8 Å². The van der Waals surface area contributed by atoms with Crippen molar-refractivity contribution in [3.63, 3.8) is 0 Å². The highest BCUT2D eigenvalue weighted by atomic mass is 35.5. The molecule has 2 fully saturated rings. The Labute approximate surface area is 311 Å². The maximum Gasteiger partial charge on any atom is 0.251 e. The van der Waals surface area contributed by atoms with Crippen molar-refractivity contribution >= 4 is 35.8 Å². The first kappa shape index (κ1) is 38.6. The molecule has 0 spiro atoms. The van der Waals surface area contributed by atoms with Crippen molar-refractivity contribution in [2.75, 3.05) is 25.0 Å². The van der Waals surface area contributed by atoms with Crippen LogP contribution in [0.25, 0.3) is 22.5 Å². The number of anilines is 1. The average molecular weight is 728 g/mol. The SMILES string of the molecule is CC(C)N1CCC(NC(=O)c2cccc(-c3cccc(C[C@H](NC(=O)C4CCC(CN)CC4)C(=O)Nc4ccc(-c5nnn[nH]5)cc4)c3)c2)CC1.Cl. The fourth-order valence-electron chi connectivity index (χ4n) is 7.16. The van der Waals surface area contributed by atoms with E-state index in [0.29, 0.717) is 42.0 Å². The van der Waals surface area contributed by atoms with E-state index in [1.54, 1.807) is 12.1 Å². The molecule has 3 amide bonds. The van der Waals surface area contributed by atoms with E-state index in [1.807, 2.05) is 60.7 Å². The number of carbonyl (C=O) groups is 3. The van der Waals surface area contributed by atoms with Gasteiger partial charge in [-0.25, -0.2) is 5.10 Å². The third-order valence-corrected chi connectivity index (χ3v) is 10.4. The summed E-state index contributed by atoms with van der Waals surface area (Å²) in [6, 6.07) is 22.6. The number of aromatic amines is 1. The van der Waals surface area contributed by atoms with Gasteiger partial charge in [0.25, 0.3) is 5.91 Å². The fraction of sp³-hybridized carbons (Fsp3) is 0.436. The molecule has 6 rings (SSSR count). The van der Waals surface area contributed by atoms with E-state index in [9.17, 15) is 14.4 Å². The molecule has 3 aromatic carbocycles. The molecule has 52 heavy (non-hydrogen) atoms. The van der Waals surface area contributed by atoms with E-state index < -0.39 is 6.04 Å². The topological polar surface area (TPSA) is 171 Å². The number of amides is 3. The van der Waals surface area contributed by atoms with E-state index in [1.165, 1.54) is 0 Å². The molecule has 1 saturated carbocycles. The molecule has 276 valence electrons. The summed E-state index contributed by atoms with van der Waals surface area (Å²) < 4.78 is 0. The predicted molar refractivity (Wildman–Crippen MR) is 205 cm³/mol. The Morgan fingerprint density at radius 1 is 0.885 bits per heavy atom. The van der Waals surface area contributed by atoms with Crippen LogP contribution in [-0.4, -0.2) is 81.0 Å². The van der Waals surface area contributed by atoms with Crippen LogP contribution in [0.3, 0.4) is 0 Å². The number of nitrogens with two attached hydrogens (primary N) is 1. The summed E-state index contributed by atoms with van der Waals surface area (Å²) in [5.74, 6) is 0.331. The molecule has 2 aliphatic rings. The van der Waals surface area contributed by atoms with Crippen molar-refractivity contribution in [1.82, 2.24) is 36.2 Å². The molecule has 6 N–H and O–H groups in total. The number of hydrogen-bond acceptors (Lipinski definition) is 8. The van der Waals surface area contributed by atoms with Crippen molar-refractivity contribution in [2.45, 2.75) is 76.9 Å². The minimum atomic E-state index is -0.808. The second-order valence-electron chi connectivity index (χ2n) is 14.2. The van der Waals surface area contributed by atoms with Crippen LogP contribution in [0.15, 0.2) is 72.8 Å². The summed E-state index contributed by atoms with van der Waals surface area (Å²) in [4.78, 5) is 43.0. The predicted octanol–water partition coefficient (Wildman–Crippen LogP) is 4.99. The van der Waals surface area contributed by atoms with Gasteiger partial charge in [-0.05, 0) is 128 Å². The van der Waals surface area contributed by atoms with E-state index in [-0.39, 0.29) is 42.1 Å². The van der Waals surface area contributed by atoms with Crippen molar-refractivity contribution in [2.24, 2.45) is 17.6 Å². The maximum absolute atomic E-state index is 13.8. The fourth-order valence-corrected chi connectivity index (χ4v) is 7.16. The lowest BCUT2D eigenvalue weighted by molar-refractivity contribution is -0.130. The summed E-state index contributed by atoms with van der Waals surface area (Å²) >= 11 is 0. The normalized spacial score (nSPS) is 18.6. The van der Waals surface area contributed by atoms with Gasteiger partial charge in [-0.3, -0.25) is 14.4 Å². The molecule has 1 atom stereocenters. The molecule has 1 aliphatic heterocycles. The highest BCUT2D eigenvalue weighted by molar-refractivity contribution is 5.98. The van der Waals surface area contributed by atoms with Crippen molar-refractivity contribution < 1.29 is 14.4 Å². The number of aromatic nitrogens is 4. The number of piperidine rings is 1. The second-order valence-corrected chi connectivity index (χ2v) is 14.2. The van der Waals surface area contributed by atoms with Crippen LogP contribution in [-0.2, 0) is 16.0 Å². The van der Waals surface area contributed by atoms with E-state index in [2.05, 4.69) is 55.3 Å². The van der Waals surface area contributed by atoms with Crippen molar-refractivity contribution in [3.05, 3.63) is 83.9 Å². The highest BCUT2D eigenvalue weighted by Crippen LogP contribution is 2.29. The van der Waals surface area contributed by atoms with Crippen LogP contribution in [0.1, 0.15) is 68.3 Å². The van der Waals surface area contributed by atoms with Crippen molar-refractivity contribution in [3.8, 4) is 22.5 Å². The number of rotatable bonds is 12. The molecular formula is C39H50ClN9O3. The molecule has 0 bridgehead atoms. The lowest BCUT2D eigenvalue weighted by Gasteiger charge is -2.34. The van der Waals surface area contributed by atoms with Crippen LogP contribution < -0.4 is 21.7 Å². The van der Waals surface area contributed by atoms with E-state index in [4.69, 9.17) is 5.73 Å². The molecular weight excluding hydrogens is 678 g/mol. The zero-order valence-corrected chi connectivity index (χ0v) is 30.7. The minimum absolute atomic E-state index is 0. The van der Waals surface area contributed by atoms with Crippen LogP contribution in [0.5, 0.6) is 0 Å². The second kappa shape index (κ2) is 18.2. The zero-order valence-electron chi connectivity index (χ0n) is 29.9. The third kappa shape index (κ3) is 10.0.